The number of quaternary nitrogens is 2. The Labute approximate surface area is 142 Å². The van der Waals surface area contributed by atoms with Gasteiger partial charge >= 0.3 is 0 Å². The van der Waals surface area contributed by atoms with E-state index in [9.17, 15) is 0 Å². The highest BCUT2D eigenvalue weighted by atomic mass is 16.5. The first kappa shape index (κ1) is 17.7. The van der Waals surface area contributed by atoms with E-state index in [4.69, 9.17) is 9.47 Å². The van der Waals surface area contributed by atoms with Crippen LogP contribution in [0.5, 0.6) is 0 Å². The third-order valence-electron chi connectivity index (χ3n) is 6.85. The van der Waals surface area contributed by atoms with E-state index in [-0.39, 0.29) is 0 Å². The molecule has 0 radical (unpaired) electrons. The van der Waals surface area contributed by atoms with Crippen LogP contribution < -0.4 is 0 Å². The molecule has 0 aliphatic carbocycles. The minimum atomic E-state index is 0.363. The maximum absolute atomic E-state index is 6.38. The maximum Gasteiger partial charge on any atom is 0.105 e. The summed E-state index contributed by atoms with van der Waals surface area (Å²) in [4.78, 5) is 0. The predicted molar refractivity (Wildman–Crippen MR) is 93.3 cm³/mol. The minimum Gasteiger partial charge on any atom is -0.372 e. The van der Waals surface area contributed by atoms with Crippen molar-refractivity contribution in [3.63, 3.8) is 0 Å². The summed E-state index contributed by atoms with van der Waals surface area (Å²) in [5.74, 6) is 0.784. The summed E-state index contributed by atoms with van der Waals surface area (Å²) in [6, 6.07) is 0.859. The van der Waals surface area contributed by atoms with Crippen molar-refractivity contribution in [2.24, 2.45) is 5.92 Å². The first-order valence-corrected chi connectivity index (χ1v) is 9.88. The summed E-state index contributed by atoms with van der Waals surface area (Å²) in [5.41, 5.74) is 0. The van der Waals surface area contributed by atoms with Crippen LogP contribution >= 0.6 is 0 Å². The Bertz CT molecular complexity index is 380. The fourth-order valence-corrected chi connectivity index (χ4v) is 5.36. The topological polar surface area (TPSA) is 18.5 Å². The van der Waals surface area contributed by atoms with Crippen molar-refractivity contribution < 1.29 is 18.4 Å². The van der Waals surface area contributed by atoms with Crippen LogP contribution in [0.25, 0.3) is 0 Å². The third kappa shape index (κ3) is 4.28. The standard InChI is InChI=1S/C19H38N2O2/c1-17(15-20(2)11-13-22-14-12-20)23-16-18-7-6-10-21(3)9-5-4-8-19(18)21/h17-19H,4-16H2,1-3H3/q+2/t17-,18-,19+,21+/m0/s1. The van der Waals surface area contributed by atoms with E-state index in [1.807, 2.05) is 0 Å². The molecule has 3 aliphatic rings. The number of morpholine rings is 1. The zero-order chi connectivity index (χ0) is 16.3. The molecule has 3 fully saturated rings. The lowest BCUT2D eigenvalue weighted by atomic mass is 9.82. The van der Waals surface area contributed by atoms with Gasteiger partial charge in [0.15, 0.2) is 0 Å². The van der Waals surface area contributed by atoms with Crippen molar-refractivity contribution in [3.05, 3.63) is 0 Å². The predicted octanol–water partition coefficient (Wildman–Crippen LogP) is 2.28. The molecule has 3 aliphatic heterocycles. The fourth-order valence-electron chi connectivity index (χ4n) is 5.36. The second kappa shape index (κ2) is 7.38. The zero-order valence-electron chi connectivity index (χ0n) is 15.6. The first-order chi connectivity index (χ1) is 11.0. The van der Waals surface area contributed by atoms with E-state index >= 15 is 0 Å². The van der Waals surface area contributed by atoms with Crippen LogP contribution in [-0.4, -0.2) is 87.8 Å². The molecule has 0 bridgehead atoms. The van der Waals surface area contributed by atoms with Crippen LogP contribution in [0.15, 0.2) is 0 Å². The highest BCUT2D eigenvalue weighted by Gasteiger charge is 2.43. The number of rotatable bonds is 5. The molecule has 0 saturated carbocycles. The Kier molecular flexibility index (Phi) is 5.67. The van der Waals surface area contributed by atoms with E-state index < -0.39 is 0 Å². The van der Waals surface area contributed by atoms with Crippen molar-refractivity contribution in [2.75, 3.05) is 66.6 Å². The summed E-state index contributed by atoms with van der Waals surface area (Å²) in [5, 5.41) is 0. The minimum absolute atomic E-state index is 0.363. The smallest absolute Gasteiger partial charge is 0.105 e. The largest absolute Gasteiger partial charge is 0.372 e. The van der Waals surface area contributed by atoms with E-state index in [2.05, 4.69) is 21.0 Å². The molecule has 0 aromatic heterocycles. The molecule has 23 heavy (non-hydrogen) atoms. The summed E-state index contributed by atoms with van der Waals surface area (Å²) >= 11 is 0. The van der Waals surface area contributed by atoms with Gasteiger partial charge in [0.25, 0.3) is 0 Å². The SMILES string of the molecule is C[C@@H](C[N+]1(C)CCOCC1)OC[C@@H]1CCC[N@@+]2(C)CCCC[C@H]12. The fraction of sp³-hybridized carbons (Fsp3) is 1.00. The van der Waals surface area contributed by atoms with Crippen LogP contribution in [0, 0.1) is 5.92 Å². The van der Waals surface area contributed by atoms with Crippen LogP contribution in [0.4, 0.5) is 0 Å². The van der Waals surface area contributed by atoms with Gasteiger partial charge in [-0.3, -0.25) is 0 Å². The monoisotopic (exact) mass is 326 g/mol. The van der Waals surface area contributed by atoms with Gasteiger partial charge in [-0.25, -0.2) is 0 Å². The quantitative estimate of drug-likeness (QED) is 0.722. The van der Waals surface area contributed by atoms with Crippen LogP contribution in [0.3, 0.4) is 0 Å². The van der Waals surface area contributed by atoms with Gasteiger partial charge in [0.05, 0.1) is 53.0 Å². The van der Waals surface area contributed by atoms with Gasteiger partial charge in [0.1, 0.15) is 25.7 Å². The number of hydrogen-bond acceptors (Lipinski definition) is 2. The van der Waals surface area contributed by atoms with Crippen LogP contribution in [0.2, 0.25) is 0 Å². The Hall–Kier alpha value is -0.160. The molecular weight excluding hydrogens is 288 g/mol. The Morgan fingerprint density at radius 2 is 1.74 bits per heavy atom. The normalized spacial score (nSPS) is 38.7. The second-order valence-corrected chi connectivity index (χ2v) is 8.90. The average molecular weight is 327 g/mol. The average Bonchev–Trinajstić information content (AvgIpc) is 2.52. The number of nitrogens with zero attached hydrogens (tertiary/aromatic N) is 2. The Morgan fingerprint density at radius 3 is 2.52 bits per heavy atom. The zero-order valence-corrected chi connectivity index (χ0v) is 15.6. The van der Waals surface area contributed by atoms with Crippen LogP contribution in [-0.2, 0) is 9.47 Å². The molecule has 4 heteroatoms. The summed E-state index contributed by atoms with van der Waals surface area (Å²) in [6.45, 7) is 11.3. The van der Waals surface area contributed by atoms with Gasteiger partial charge in [-0.2, -0.15) is 0 Å². The van der Waals surface area contributed by atoms with E-state index in [1.165, 1.54) is 49.7 Å². The molecule has 3 saturated heterocycles. The molecule has 0 unspecified atom stereocenters. The van der Waals surface area contributed by atoms with Gasteiger partial charge in [0.2, 0.25) is 0 Å². The van der Waals surface area contributed by atoms with Gasteiger partial charge in [0, 0.05) is 12.3 Å². The molecule has 0 spiro atoms. The van der Waals surface area contributed by atoms with Crippen LogP contribution in [0.1, 0.15) is 39.0 Å². The number of ether oxygens (including phenoxy) is 2. The highest BCUT2D eigenvalue weighted by Crippen LogP contribution is 2.36. The lowest BCUT2D eigenvalue weighted by Gasteiger charge is -2.51. The second-order valence-electron chi connectivity index (χ2n) is 8.90. The van der Waals surface area contributed by atoms with E-state index in [1.54, 1.807) is 0 Å². The number of hydrogen-bond donors (Lipinski definition) is 0. The van der Waals surface area contributed by atoms with E-state index in [0.29, 0.717) is 6.10 Å². The summed E-state index contributed by atoms with van der Waals surface area (Å²) in [7, 11) is 4.86. The molecule has 3 heterocycles. The van der Waals surface area contributed by atoms with Crippen molar-refractivity contribution in [1.29, 1.82) is 0 Å². The third-order valence-corrected chi connectivity index (χ3v) is 6.85. The molecular formula is C19H38N2O2+2. The summed E-state index contributed by atoms with van der Waals surface area (Å²) in [6.07, 6.45) is 7.41. The molecule has 0 aromatic rings. The van der Waals surface area contributed by atoms with Gasteiger partial charge in [-0.15, -0.1) is 0 Å². The molecule has 134 valence electrons. The van der Waals surface area contributed by atoms with Gasteiger partial charge in [-0.1, -0.05) is 0 Å². The molecule has 0 aromatic carbocycles. The number of likely N-dealkylation sites (N-methyl/N-ethyl adjacent to an activating group) is 1. The van der Waals surface area contributed by atoms with Crippen molar-refractivity contribution >= 4 is 0 Å². The van der Waals surface area contributed by atoms with Crippen molar-refractivity contribution in [1.82, 2.24) is 0 Å². The summed E-state index contributed by atoms with van der Waals surface area (Å²) < 4.78 is 14.3. The Balaban J connectivity index is 1.49. The van der Waals surface area contributed by atoms with Gasteiger partial charge in [-0.05, 0) is 32.6 Å². The van der Waals surface area contributed by atoms with Gasteiger partial charge < -0.3 is 18.4 Å². The van der Waals surface area contributed by atoms with Crippen molar-refractivity contribution in [3.8, 4) is 0 Å². The van der Waals surface area contributed by atoms with Crippen molar-refractivity contribution in [2.45, 2.75) is 51.2 Å². The molecule has 4 atom stereocenters. The number of piperidine rings is 2. The lowest BCUT2D eigenvalue weighted by Crippen LogP contribution is -2.61. The molecule has 0 N–H and O–H groups in total. The lowest BCUT2D eigenvalue weighted by molar-refractivity contribution is -0.947. The highest BCUT2D eigenvalue weighted by molar-refractivity contribution is 4.79. The Morgan fingerprint density at radius 1 is 1.00 bits per heavy atom. The molecule has 3 rings (SSSR count). The number of fused-ring (bicyclic) bond motifs is 1. The maximum atomic E-state index is 6.38. The van der Waals surface area contributed by atoms with E-state index in [0.717, 1.165) is 55.9 Å². The first-order valence-electron chi connectivity index (χ1n) is 9.88. The molecule has 4 nitrogen and oxygen atoms in total. The molecule has 0 amide bonds.